The molecule has 1 atom stereocenters. The maximum atomic E-state index is 13.8. The lowest BCUT2D eigenvalue weighted by atomic mass is 10.1. The van der Waals surface area contributed by atoms with E-state index in [1.54, 1.807) is 12.1 Å². The molecule has 2 aliphatic heterocycles. The second-order valence-corrected chi connectivity index (χ2v) is 10.2. The molecule has 7 nitrogen and oxygen atoms in total. The molecule has 2 aliphatic rings. The molecule has 0 amide bonds. The standard InChI is InChI=1S/C26H30Cl2FN7/c1-17-4-3-7-36(17)26-32-23(19-5-6-22(29)20(27)13-19)14-24(33-26)34-8-10-35(11-9-34)25-21(28)12-18(15-30-2)16-31-25/h5-6,12-14,16-17,30H,3-4,7-11,15H2,1-2H3. The van der Waals surface area contributed by atoms with Crippen molar-refractivity contribution < 1.29 is 4.39 Å². The number of halogens is 3. The maximum Gasteiger partial charge on any atom is 0.228 e. The first kappa shape index (κ1) is 25.0. The van der Waals surface area contributed by atoms with Gasteiger partial charge in [-0.15, -0.1) is 0 Å². The van der Waals surface area contributed by atoms with Gasteiger partial charge in [0.25, 0.3) is 0 Å². The first-order valence-corrected chi connectivity index (χ1v) is 13.1. The van der Waals surface area contributed by atoms with Gasteiger partial charge in [0.15, 0.2) is 0 Å². The van der Waals surface area contributed by atoms with E-state index in [0.29, 0.717) is 17.0 Å². The normalized spacial score (nSPS) is 18.2. The number of benzene rings is 1. The minimum atomic E-state index is -0.439. The summed E-state index contributed by atoms with van der Waals surface area (Å²) < 4.78 is 13.8. The van der Waals surface area contributed by atoms with Crippen molar-refractivity contribution in [3.05, 3.63) is 58.0 Å². The molecule has 2 aromatic heterocycles. The molecule has 0 saturated carbocycles. The second-order valence-electron chi connectivity index (χ2n) is 9.38. The molecule has 2 fully saturated rings. The van der Waals surface area contributed by atoms with Gasteiger partial charge in [0, 0.05) is 63.1 Å². The highest BCUT2D eigenvalue weighted by Gasteiger charge is 2.26. The van der Waals surface area contributed by atoms with E-state index in [-0.39, 0.29) is 5.02 Å². The van der Waals surface area contributed by atoms with E-state index >= 15 is 0 Å². The molecule has 1 N–H and O–H groups in total. The molecular weight excluding hydrogens is 500 g/mol. The van der Waals surface area contributed by atoms with Crippen LogP contribution < -0.4 is 20.0 Å². The van der Waals surface area contributed by atoms with Crippen molar-refractivity contribution >= 4 is 40.8 Å². The fourth-order valence-electron chi connectivity index (χ4n) is 4.90. The van der Waals surface area contributed by atoms with Crippen LogP contribution in [0.1, 0.15) is 25.3 Å². The number of anilines is 3. The molecular formula is C26H30Cl2FN7. The number of aromatic nitrogens is 3. The molecule has 0 bridgehead atoms. The van der Waals surface area contributed by atoms with Gasteiger partial charge >= 0.3 is 0 Å². The zero-order valence-electron chi connectivity index (χ0n) is 20.5. The summed E-state index contributed by atoms with van der Waals surface area (Å²) in [5.41, 5.74) is 2.57. The van der Waals surface area contributed by atoms with Crippen LogP contribution in [0.5, 0.6) is 0 Å². The number of nitrogens with zero attached hydrogens (tertiary/aromatic N) is 6. The molecule has 0 aliphatic carbocycles. The molecule has 1 unspecified atom stereocenters. The lowest BCUT2D eigenvalue weighted by Gasteiger charge is -2.37. The van der Waals surface area contributed by atoms with Crippen molar-refractivity contribution in [2.24, 2.45) is 0 Å². The molecule has 3 aromatic rings. The first-order valence-electron chi connectivity index (χ1n) is 12.3. The Balaban J connectivity index is 1.40. The van der Waals surface area contributed by atoms with E-state index in [4.69, 9.17) is 33.2 Å². The summed E-state index contributed by atoms with van der Waals surface area (Å²) in [7, 11) is 1.90. The minimum absolute atomic E-state index is 0.0856. The highest BCUT2D eigenvalue weighted by Crippen LogP contribution is 2.32. The highest BCUT2D eigenvalue weighted by atomic mass is 35.5. The Labute approximate surface area is 221 Å². The van der Waals surface area contributed by atoms with E-state index in [2.05, 4.69) is 31.9 Å². The molecule has 4 heterocycles. The molecule has 1 aromatic carbocycles. The Bertz CT molecular complexity index is 1230. The van der Waals surface area contributed by atoms with Crippen molar-refractivity contribution in [3.8, 4) is 11.3 Å². The van der Waals surface area contributed by atoms with Gasteiger partial charge in [-0.2, -0.15) is 4.98 Å². The average molecular weight is 530 g/mol. The van der Waals surface area contributed by atoms with Crippen molar-refractivity contribution in [1.29, 1.82) is 0 Å². The monoisotopic (exact) mass is 529 g/mol. The van der Waals surface area contributed by atoms with Crippen LogP contribution in [0.25, 0.3) is 11.3 Å². The molecule has 10 heteroatoms. The number of piperazine rings is 1. The van der Waals surface area contributed by atoms with Crippen molar-refractivity contribution in [2.45, 2.75) is 32.4 Å². The fraction of sp³-hybridized carbons (Fsp3) is 0.423. The lowest BCUT2D eigenvalue weighted by molar-refractivity contribution is 0.628. The van der Waals surface area contributed by atoms with Crippen molar-refractivity contribution in [1.82, 2.24) is 20.3 Å². The van der Waals surface area contributed by atoms with Gasteiger partial charge in [-0.05, 0) is 56.6 Å². The fourth-order valence-corrected chi connectivity index (χ4v) is 5.39. The Morgan fingerprint density at radius 3 is 2.44 bits per heavy atom. The van der Waals surface area contributed by atoms with Gasteiger partial charge < -0.3 is 20.0 Å². The average Bonchev–Trinajstić information content (AvgIpc) is 3.32. The smallest absolute Gasteiger partial charge is 0.228 e. The summed E-state index contributed by atoms with van der Waals surface area (Å²) in [5, 5.41) is 3.87. The Morgan fingerprint density at radius 1 is 1.00 bits per heavy atom. The van der Waals surface area contributed by atoms with E-state index in [1.165, 1.54) is 6.07 Å². The van der Waals surface area contributed by atoms with Gasteiger partial charge in [0.2, 0.25) is 5.95 Å². The highest BCUT2D eigenvalue weighted by molar-refractivity contribution is 6.33. The largest absolute Gasteiger partial charge is 0.353 e. The Kier molecular flexibility index (Phi) is 7.46. The summed E-state index contributed by atoms with van der Waals surface area (Å²) >= 11 is 12.7. The molecule has 5 rings (SSSR count). The van der Waals surface area contributed by atoms with Gasteiger partial charge in [0.1, 0.15) is 17.5 Å². The van der Waals surface area contributed by atoms with Crippen LogP contribution in [0.4, 0.5) is 22.0 Å². The molecule has 36 heavy (non-hydrogen) atoms. The predicted molar refractivity (Wildman–Crippen MR) is 145 cm³/mol. The summed E-state index contributed by atoms with van der Waals surface area (Å²) in [6.45, 7) is 6.95. The number of hydrogen-bond acceptors (Lipinski definition) is 7. The number of pyridine rings is 1. The number of hydrogen-bond donors (Lipinski definition) is 1. The molecule has 190 valence electrons. The van der Waals surface area contributed by atoms with Gasteiger partial charge in [0.05, 0.1) is 15.7 Å². The maximum absolute atomic E-state index is 13.8. The second kappa shape index (κ2) is 10.7. The third-order valence-electron chi connectivity index (χ3n) is 6.89. The number of nitrogens with one attached hydrogen (secondary N) is 1. The Morgan fingerprint density at radius 2 is 1.78 bits per heavy atom. The SMILES string of the molecule is CNCc1cnc(N2CCN(c3cc(-c4ccc(F)c(Cl)c4)nc(N4CCCC4C)n3)CC2)c(Cl)c1. The number of rotatable bonds is 6. The van der Waals surface area contributed by atoms with Gasteiger partial charge in [-0.25, -0.2) is 14.4 Å². The van der Waals surface area contributed by atoms with Crippen LogP contribution in [0.3, 0.4) is 0 Å². The van der Waals surface area contributed by atoms with Crippen LogP contribution in [0.2, 0.25) is 10.0 Å². The van der Waals surface area contributed by atoms with Gasteiger partial charge in [-0.3, -0.25) is 0 Å². The van der Waals surface area contributed by atoms with Crippen LogP contribution in [-0.4, -0.2) is 60.8 Å². The van der Waals surface area contributed by atoms with Crippen molar-refractivity contribution in [3.63, 3.8) is 0 Å². The van der Waals surface area contributed by atoms with E-state index in [9.17, 15) is 4.39 Å². The molecule has 0 spiro atoms. The topological polar surface area (TPSA) is 60.4 Å². The Hall–Kier alpha value is -2.68. The van der Waals surface area contributed by atoms with E-state index < -0.39 is 5.82 Å². The van der Waals surface area contributed by atoms with Crippen LogP contribution >= 0.6 is 23.2 Å². The lowest BCUT2D eigenvalue weighted by Crippen LogP contribution is -2.47. The van der Waals surface area contributed by atoms with Crippen molar-refractivity contribution in [2.75, 3.05) is 54.5 Å². The third-order valence-corrected chi connectivity index (χ3v) is 7.46. The van der Waals surface area contributed by atoms with Crippen LogP contribution in [0, 0.1) is 5.82 Å². The van der Waals surface area contributed by atoms with Gasteiger partial charge in [-0.1, -0.05) is 23.2 Å². The first-order chi connectivity index (χ1) is 17.4. The van der Waals surface area contributed by atoms with Crippen LogP contribution in [-0.2, 0) is 6.54 Å². The zero-order chi connectivity index (χ0) is 25.2. The van der Waals surface area contributed by atoms with Crippen LogP contribution in [0.15, 0.2) is 36.5 Å². The molecule has 2 saturated heterocycles. The van der Waals surface area contributed by atoms with E-state index in [0.717, 1.165) is 80.6 Å². The molecule has 0 radical (unpaired) electrons. The minimum Gasteiger partial charge on any atom is -0.353 e. The predicted octanol–water partition coefficient (Wildman–Crippen LogP) is 5.02. The summed E-state index contributed by atoms with van der Waals surface area (Å²) in [6.07, 6.45) is 4.11. The summed E-state index contributed by atoms with van der Waals surface area (Å²) in [5.74, 6) is 1.94. The summed E-state index contributed by atoms with van der Waals surface area (Å²) in [4.78, 5) is 21.2. The summed E-state index contributed by atoms with van der Waals surface area (Å²) in [6, 6.07) is 9.05. The quantitative estimate of drug-likeness (QED) is 0.481. The third kappa shape index (κ3) is 5.21. The zero-order valence-corrected chi connectivity index (χ0v) is 22.0. The van der Waals surface area contributed by atoms with E-state index in [1.807, 2.05) is 25.4 Å².